The van der Waals surface area contributed by atoms with E-state index in [1.165, 1.54) is 19.9 Å². The lowest BCUT2D eigenvalue weighted by Crippen LogP contribution is -2.30. The Kier molecular flexibility index (Phi) is 5.49. The van der Waals surface area contributed by atoms with E-state index in [-0.39, 0.29) is 5.75 Å². The zero-order valence-electron chi connectivity index (χ0n) is 11.2. The largest absolute Gasteiger partial charge is 0.367 e. The highest BCUT2D eigenvalue weighted by Gasteiger charge is 2.19. The molecule has 1 aromatic rings. The van der Waals surface area contributed by atoms with Gasteiger partial charge in [-0.1, -0.05) is 6.07 Å². The van der Waals surface area contributed by atoms with Gasteiger partial charge in [0.25, 0.3) is 0 Å². The van der Waals surface area contributed by atoms with Crippen LogP contribution in [0.15, 0.2) is 24.3 Å². The van der Waals surface area contributed by atoms with Crippen molar-refractivity contribution in [1.82, 2.24) is 0 Å². The Hall–Kier alpha value is -1.64. The summed E-state index contributed by atoms with van der Waals surface area (Å²) in [5, 5.41) is 20.3. The van der Waals surface area contributed by atoms with Crippen LogP contribution in [0.25, 0.3) is 0 Å². The van der Waals surface area contributed by atoms with Gasteiger partial charge >= 0.3 is 0 Å². The lowest BCUT2D eigenvalue weighted by Gasteiger charge is -2.14. The molecule has 112 valence electrons. The van der Waals surface area contributed by atoms with Gasteiger partial charge in [-0.05, 0) is 32.0 Å². The summed E-state index contributed by atoms with van der Waals surface area (Å²) in [6, 6.07) is 6.13. The highest BCUT2D eigenvalue weighted by atomic mass is 32.2. The van der Waals surface area contributed by atoms with Crippen molar-refractivity contribution in [1.29, 1.82) is 0 Å². The Bertz CT molecular complexity index is 571. The molecule has 1 rings (SSSR count). The number of benzene rings is 1. The van der Waals surface area contributed by atoms with Crippen molar-refractivity contribution in [2.75, 3.05) is 15.8 Å². The lowest BCUT2D eigenvalue weighted by atomic mass is 10.1. The zero-order valence-corrected chi connectivity index (χ0v) is 12.0. The quantitative estimate of drug-likeness (QED) is 0.565. The molecule has 4 N–H and O–H groups in total. The van der Waals surface area contributed by atoms with E-state index in [0.29, 0.717) is 11.4 Å². The van der Waals surface area contributed by atoms with Crippen LogP contribution in [-0.2, 0) is 14.8 Å². The Labute approximate surface area is 117 Å². The van der Waals surface area contributed by atoms with Gasteiger partial charge in [0.15, 0.2) is 6.29 Å². The van der Waals surface area contributed by atoms with Crippen LogP contribution in [0.3, 0.4) is 0 Å². The normalized spacial score (nSPS) is 13.1. The average Bonchev–Trinajstić information content (AvgIpc) is 2.37. The van der Waals surface area contributed by atoms with E-state index >= 15 is 0 Å². The minimum Gasteiger partial charge on any atom is -0.367 e. The van der Waals surface area contributed by atoms with Gasteiger partial charge < -0.3 is 15.5 Å². The highest BCUT2D eigenvalue weighted by Crippen LogP contribution is 2.17. The first kappa shape index (κ1) is 16.4. The minimum absolute atomic E-state index is 0.0582. The van der Waals surface area contributed by atoms with Crippen molar-refractivity contribution in [2.45, 2.75) is 20.1 Å². The van der Waals surface area contributed by atoms with Crippen molar-refractivity contribution in [3.05, 3.63) is 24.3 Å². The third kappa shape index (κ3) is 4.80. The molecule has 20 heavy (non-hydrogen) atoms. The number of carbonyl (C=O) groups excluding carboxylic acids is 1. The van der Waals surface area contributed by atoms with Gasteiger partial charge in [0.2, 0.25) is 15.9 Å². The zero-order chi connectivity index (χ0) is 15.3. The summed E-state index contributed by atoms with van der Waals surface area (Å²) < 4.78 is 25.2. The number of hydrogen-bond acceptors (Lipinski definition) is 5. The first-order chi connectivity index (χ1) is 9.25. The van der Waals surface area contributed by atoms with Crippen LogP contribution in [-0.4, -0.2) is 36.6 Å². The molecule has 0 spiro atoms. The molecule has 0 aliphatic carbocycles. The molecule has 1 aromatic carbocycles. The van der Waals surface area contributed by atoms with Gasteiger partial charge in [0.1, 0.15) is 0 Å². The number of anilines is 2. The molecule has 0 saturated carbocycles. The van der Waals surface area contributed by atoms with Crippen LogP contribution in [0.1, 0.15) is 13.8 Å². The van der Waals surface area contributed by atoms with Crippen molar-refractivity contribution < 1.29 is 23.4 Å². The second kappa shape index (κ2) is 6.69. The molecule has 8 heteroatoms. The second-order valence-corrected chi connectivity index (χ2v) is 6.29. The number of sulfonamides is 1. The summed E-state index contributed by atoms with van der Waals surface area (Å²) in [6.45, 7) is 2.88. The Morgan fingerprint density at radius 3 is 2.45 bits per heavy atom. The molecule has 0 aliphatic heterocycles. The minimum atomic E-state index is -3.39. The van der Waals surface area contributed by atoms with Gasteiger partial charge in [-0.15, -0.1) is 0 Å². The molecular formula is C12H18N2O5S. The van der Waals surface area contributed by atoms with Crippen LogP contribution >= 0.6 is 0 Å². The van der Waals surface area contributed by atoms with E-state index in [9.17, 15) is 13.2 Å². The fourth-order valence-electron chi connectivity index (χ4n) is 1.30. The number of carbonyl (C=O) groups is 1. The fraction of sp³-hybridized carbons (Fsp3) is 0.417. The molecule has 0 aromatic heterocycles. The molecular weight excluding hydrogens is 284 g/mol. The smallest absolute Gasteiger partial charge is 0.232 e. The topological polar surface area (TPSA) is 116 Å². The first-order valence-corrected chi connectivity index (χ1v) is 7.68. The molecule has 0 fully saturated rings. The second-order valence-electron chi connectivity index (χ2n) is 4.28. The molecule has 0 heterocycles. The summed E-state index contributed by atoms with van der Waals surface area (Å²) in [4.78, 5) is 11.6. The standard InChI is InChI=1S/C12H18N2O5S/c1-3-20(18,19)14-10-6-4-5-9(7-10)13-11(15)8(2)12(16)17/h4-8,12,14,16-17H,3H2,1-2H3,(H,13,15). The molecule has 1 atom stereocenters. The van der Waals surface area contributed by atoms with E-state index in [1.54, 1.807) is 18.2 Å². The number of nitrogens with one attached hydrogen (secondary N) is 2. The molecule has 0 saturated heterocycles. The maximum absolute atomic E-state index is 11.6. The molecule has 0 aliphatic rings. The van der Waals surface area contributed by atoms with E-state index < -0.39 is 28.1 Å². The molecule has 0 radical (unpaired) electrons. The van der Waals surface area contributed by atoms with Crippen LogP contribution in [0.4, 0.5) is 11.4 Å². The summed E-state index contributed by atoms with van der Waals surface area (Å²) in [7, 11) is -3.39. The predicted octanol–water partition coefficient (Wildman–Crippen LogP) is 0.333. The molecule has 1 amide bonds. The Balaban J connectivity index is 2.81. The summed E-state index contributed by atoms with van der Waals surface area (Å²) in [5.41, 5.74) is 0.681. The van der Waals surface area contributed by atoms with Gasteiger partial charge in [-0.3, -0.25) is 9.52 Å². The number of amides is 1. The van der Waals surface area contributed by atoms with Crippen molar-refractivity contribution in [2.24, 2.45) is 5.92 Å². The van der Waals surface area contributed by atoms with Crippen LogP contribution in [0, 0.1) is 5.92 Å². The van der Waals surface area contributed by atoms with Crippen LogP contribution in [0.5, 0.6) is 0 Å². The maximum Gasteiger partial charge on any atom is 0.232 e. The van der Waals surface area contributed by atoms with Gasteiger partial charge in [0, 0.05) is 5.69 Å². The van der Waals surface area contributed by atoms with E-state index in [1.807, 2.05) is 0 Å². The number of rotatable bonds is 6. The van der Waals surface area contributed by atoms with Crippen LogP contribution in [0.2, 0.25) is 0 Å². The summed E-state index contributed by atoms with van der Waals surface area (Å²) in [6.07, 6.45) is -1.75. The van der Waals surface area contributed by atoms with E-state index in [4.69, 9.17) is 10.2 Å². The molecule has 7 nitrogen and oxygen atoms in total. The predicted molar refractivity (Wildman–Crippen MR) is 75.5 cm³/mol. The van der Waals surface area contributed by atoms with E-state index in [0.717, 1.165) is 0 Å². The fourth-order valence-corrected chi connectivity index (χ4v) is 1.93. The Morgan fingerprint density at radius 2 is 1.90 bits per heavy atom. The monoisotopic (exact) mass is 302 g/mol. The van der Waals surface area contributed by atoms with Gasteiger partial charge in [-0.25, -0.2) is 8.42 Å². The number of aliphatic hydroxyl groups is 2. The Morgan fingerprint density at radius 1 is 1.30 bits per heavy atom. The third-order valence-electron chi connectivity index (χ3n) is 2.64. The van der Waals surface area contributed by atoms with Crippen molar-refractivity contribution in [3.63, 3.8) is 0 Å². The van der Waals surface area contributed by atoms with Crippen molar-refractivity contribution in [3.8, 4) is 0 Å². The number of hydrogen-bond donors (Lipinski definition) is 4. The summed E-state index contributed by atoms with van der Waals surface area (Å²) >= 11 is 0. The van der Waals surface area contributed by atoms with Crippen molar-refractivity contribution >= 4 is 27.3 Å². The lowest BCUT2D eigenvalue weighted by molar-refractivity contribution is -0.134. The van der Waals surface area contributed by atoms with Crippen LogP contribution < -0.4 is 10.0 Å². The number of aliphatic hydroxyl groups excluding tert-OH is 1. The maximum atomic E-state index is 11.6. The third-order valence-corrected chi connectivity index (χ3v) is 3.95. The molecule has 0 bridgehead atoms. The van der Waals surface area contributed by atoms with E-state index in [2.05, 4.69) is 10.0 Å². The van der Waals surface area contributed by atoms with Gasteiger partial charge in [0.05, 0.1) is 17.4 Å². The average molecular weight is 302 g/mol. The SMILES string of the molecule is CCS(=O)(=O)Nc1cccc(NC(=O)C(C)C(O)O)c1. The molecule has 1 unspecified atom stereocenters. The highest BCUT2D eigenvalue weighted by molar-refractivity contribution is 7.92. The van der Waals surface area contributed by atoms with Gasteiger partial charge in [-0.2, -0.15) is 0 Å². The first-order valence-electron chi connectivity index (χ1n) is 6.02. The summed E-state index contributed by atoms with van der Waals surface area (Å²) in [5.74, 6) is -1.63.